The highest BCUT2D eigenvalue weighted by atomic mass is 16.1. The summed E-state index contributed by atoms with van der Waals surface area (Å²) >= 11 is 0. The van der Waals surface area contributed by atoms with Gasteiger partial charge >= 0.3 is 0 Å². The molecule has 0 unspecified atom stereocenters. The summed E-state index contributed by atoms with van der Waals surface area (Å²) in [5.74, 6) is -0.353. The molecule has 0 saturated heterocycles. The molecule has 0 heterocycles. The molecule has 1 aromatic rings. The van der Waals surface area contributed by atoms with Crippen LogP contribution >= 0.6 is 0 Å². The van der Waals surface area contributed by atoms with Gasteiger partial charge in [0.1, 0.15) is 0 Å². The normalized spacial score (nSPS) is 11.4. The molecule has 76 valence electrons. The van der Waals surface area contributed by atoms with Crippen molar-refractivity contribution in [2.24, 2.45) is 5.73 Å². The number of benzene rings is 1. The zero-order valence-corrected chi connectivity index (χ0v) is 9.22. The van der Waals surface area contributed by atoms with Crippen LogP contribution in [0.2, 0.25) is 0 Å². The minimum atomic E-state index is -0.353. The largest absolute Gasteiger partial charge is 0.366 e. The van der Waals surface area contributed by atoms with E-state index in [1.165, 1.54) is 0 Å². The highest BCUT2D eigenvalue weighted by Gasteiger charge is 2.15. The Morgan fingerprint density at radius 2 is 1.86 bits per heavy atom. The maximum absolute atomic E-state index is 11.1. The van der Waals surface area contributed by atoms with E-state index in [1.54, 1.807) is 0 Å². The number of primary amides is 1. The Kier molecular flexibility index (Phi) is 2.65. The molecular formula is C12H17NO. The minimum Gasteiger partial charge on any atom is -0.366 e. The van der Waals surface area contributed by atoms with E-state index >= 15 is 0 Å². The van der Waals surface area contributed by atoms with Crippen molar-refractivity contribution in [2.45, 2.75) is 33.1 Å². The smallest absolute Gasteiger partial charge is 0.248 e. The zero-order chi connectivity index (χ0) is 10.9. The highest BCUT2D eigenvalue weighted by Crippen LogP contribution is 2.24. The van der Waals surface area contributed by atoms with Gasteiger partial charge in [0, 0.05) is 5.56 Å². The summed E-state index contributed by atoms with van der Waals surface area (Å²) in [6.07, 6.45) is 0. The van der Waals surface area contributed by atoms with E-state index < -0.39 is 0 Å². The van der Waals surface area contributed by atoms with Crippen molar-refractivity contribution in [1.82, 2.24) is 0 Å². The molecule has 0 bridgehead atoms. The van der Waals surface area contributed by atoms with Crippen LogP contribution in [0.25, 0.3) is 0 Å². The van der Waals surface area contributed by atoms with Crippen molar-refractivity contribution < 1.29 is 4.79 Å². The molecule has 14 heavy (non-hydrogen) atoms. The number of rotatable bonds is 1. The van der Waals surface area contributed by atoms with E-state index in [1.807, 2.05) is 25.1 Å². The Morgan fingerprint density at radius 1 is 1.29 bits per heavy atom. The molecular weight excluding hydrogens is 174 g/mol. The summed E-state index contributed by atoms with van der Waals surface area (Å²) in [4.78, 5) is 11.1. The number of carbonyl (C=O) groups excluding carboxylic acids is 1. The fourth-order valence-corrected chi connectivity index (χ4v) is 1.35. The first-order valence-corrected chi connectivity index (χ1v) is 4.73. The molecule has 2 nitrogen and oxygen atoms in total. The maximum atomic E-state index is 11.1. The van der Waals surface area contributed by atoms with Gasteiger partial charge in [-0.3, -0.25) is 4.79 Å². The summed E-state index contributed by atoms with van der Waals surface area (Å²) < 4.78 is 0. The van der Waals surface area contributed by atoms with Gasteiger partial charge < -0.3 is 5.73 Å². The Labute approximate surface area is 85.1 Å². The van der Waals surface area contributed by atoms with Crippen LogP contribution in [-0.2, 0) is 5.41 Å². The van der Waals surface area contributed by atoms with Crippen LogP contribution in [0, 0.1) is 6.92 Å². The highest BCUT2D eigenvalue weighted by molar-refractivity contribution is 5.94. The average molecular weight is 191 g/mol. The first-order valence-electron chi connectivity index (χ1n) is 4.73. The summed E-state index contributed by atoms with van der Waals surface area (Å²) in [6, 6.07) is 5.88. The van der Waals surface area contributed by atoms with E-state index in [2.05, 4.69) is 20.8 Å². The number of nitrogens with two attached hydrogens (primary N) is 1. The van der Waals surface area contributed by atoms with Crippen LogP contribution in [0.4, 0.5) is 0 Å². The van der Waals surface area contributed by atoms with E-state index in [-0.39, 0.29) is 11.3 Å². The molecule has 0 aliphatic carbocycles. The lowest BCUT2D eigenvalue weighted by atomic mass is 9.85. The van der Waals surface area contributed by atoms with E-state index in [0.717, 1.165) is 11.1 Å². The molecule has 1 rings (SSSR count). The Balaban J connectivity index is 3.27. The van der Waals surface area contributed by atoms with Gasteiger partial charge in [0.05, 0.1) is 0 Å². The van der Waals surface area contributed by atoms with E-state index in [9.17, 15) is 4.79 Å². The van der Waals surface area contributed by atoms with Crippen LogP contribution < -0.4 is 5.73 Å². The first-order chi connectivity index (χ1) is 6.32. The second-order valence-electron chi connectivity index (χ2n) is 4.64. The van der Waals surface area contributed by atoms with Crippen molar-refractivity contribution in [3.05, 3.63) is 34.9 Å². The third-order valence-corrected chi connectivity index (χ3v) is 2.37. The fourth-order valence-electron chi connectivity index (χ4n) is 1.35. The average Bonchev–Trinajstić information content (AvgIpc) is 2.02. The van der Waals surface area contributed by atoms with Gasteiger partial charge in [0.25, 0.3) is 0 Å². The third kappa shape index (κ3) is 2.13. The predicted molar refractivity (Wildman–Crippen MR) is 58.4 cm³/mol. The summed E-state index contributed by atoms with van der Waals surface area (Å²) in [7, 11) is 0. The fraction of sp³-hybridized carbons (Fsp3) is 0.417. The van der Waals surface area contributed by atoms with Gasteiger partial charge in [0.2, 0.25) is 5.91 Å². The zero-order valence-electron chi connectivity index (χ0n) is 9.22. The van der Waals surface area contributed by atoms with E-state index in [4.69, 9.17) is 5.73 Å². The first kappa shape index (κ1) is 10.8. The van der Waals surface area contributed by atoms with Gasteiger partial charge in [-0.2, -0.15) is 0 Å². The van der Waals surface area contributed by atoms with Crippen LogP contribution in [-0.4, -0.2) is 5.91 Å². The lowest BCUT2D eigenvalue weighted by Gasteiger charge is -2.20. The number of hydrogen-bond donors (Lipinski definition) is 1. The van der Waals surface area contributed by atoms with Gasteiger partial charge in [-0.25, -0.2) is 0 Å². The summed E-state index contributed by atoms with van der Waals surface area (Å²) in [6.45, 7) is 8.24. The SMILES string of the molecule is Cc1ccc(C(C)(C)C)cc1C(N)=O. The summed E-state index contributed by atoms with van der Waals surface area (Å²) in [5, 5.41) is 0. The molecule has 0 atom stereocenters. The Hall–Kier alpha value is -1.31. The van der Waals surface area contributed by atoms with Gasteiger partial charge in [-0.05, 0) is 29.5 Å². The molecule has 0 aliphatic rings. The lowest BCUT2D eigenvalue weighted by molar-refractivity contribution is 0.0999. The molecule has 0 radical (unpaired) electrons. The van der Waals surface area contributed by atoms with Crippen LogP contribution in [0.3, 0.4) is 0 Å². The molecule has 1 aromatic carbocycles. The molecule has 0 fully saturated rings. The van der Waals surface area contributed by atoms with Crippen LogP contribution in [0.1, 0.15) is 42.3 Å². The molecule has 1 amide bonds. The monoisotopic (exact) mass is 191 g/mol. The maximum Gasteiger partial charge on any atom is 0.248 e. The number of amides is 1. The number of carbonyl (C=O) groups is 1. The third-order valence-electron chi connectivity index (χ3n) is 2.37. The van der Waals surface area contributed by atoms with Crippen LogP contribution in [0.15, 0.2) is 18.2 Å². The van der Waals surface area contributed by atoms with Crippen molar-refractivity contribution in [1.29, 1.82) is 0 Å². The Bertz CT molecular complexity index is 361. The molecule has 2 N–H and O–H groups in total. The molecule has 0 aromatic heterocycles. The Morgan fingerprint density at radius 3 is 2.29 bits per heavy atom. The molecule has 0 saturated carbocycles. The van der Waals surface area contributed by atoms with Crippen molar-refractivity contribution in [2.75, 3.05) is 0 Å². The predicted octanol–water partition coefficient (Wildman–Crippen LogP) is 2.39. The second kappa shape index (κ2) is 3.45. The van der Waals surface area contributed by atoms with Crippen molar-refractivity contribution in [3.63, 3.8) is 0 Å². The van der Waals surface area contributed by atoms with Gasteiger partial charge in [-0.1, -0.05) is 32.9 Å². The quantitative estimate of drug-likeness (QED) is 0.727. The minimum absolute atomic E-state index is 0.0535. The standard InChI is InChI=1S/C12H17NO/c1-8-5-6-9(12(2,3)4)7-10(8)11(13)14/h5-7H,1-4H3,(H2,13,14). The van der Waals surface area contributed by atoms with Crippen molar-refractivity contribution >= 4 is 5.91 Å². The van der Waals surface area contributed by atoms with Crippen molar-refractivity contribution in [3.8, 4) is 0 Å². The lowest BCUT2D eigenvalue weighted by Crippen LogP contribution is -2.16. The summed E-state index contributed by atoms with van der Waals surface area (Å²) in [5.41, 5.74) is 8.04. The second-order valence-corrected chi connectivity index (χ2v) is 4.64. The van der Waals surface area contributed by atoms with Crippen LogP contribution in [0.5, 0.6) is 0 Å². The van der Waals surface area contributed by atoms with Gasteiger partial charge in [-0.15, -0.1) is 0 Å². The molecule has 0 aliphatic heterocycles. The molecule has 0 spiro atoms. The van der Waals surface area contributed by atoms with Gasteiger partial charge in [0.15, 0.2) is 0 Å². The topological polar surface area (TPSA) is 43.1 Å². The van der Waals surface area contributed by atoms with E-state index in [0.29, 0.717) is 5.56 Å². The number of hydrogen-bond acceptors (Lipinski definition) is 1. The molecule has 2 heteroatoms. The number of aryl methyl sites for hydroxylation is 1.